The number of rotatable bonds is 5. The molecule has 0 spiro atoms. The van der Waals surface area contributed by atoms with Crippen LogP contribution in [0, 0.1) is 0 Å². The third-order valence-corrected chi connectivity index (χ3v) is 4.91. The highest BCUT2D eigenvalue weighted by atomic mass is 16.5. The summed E-state index contributed by atoms with van der Waals surface area (Å²) in [5, 5.41) is 8.56. The quantitative estimate of drug-likeness (QED) is 0.491. The summed E-state index contributed by atoms with van der Waals surface area (Å²) in [4.78, 5) is 42.6. The maximum absolute atomic E-state index is 13.1. The van der Waals surface area contributed by atoms with Crippen molar-refractivity contribution in [3.63, 3.8) is 0 Å². The molecule has 9 heteroatoms. The molecule has 0 bridgehead atoms. The van der Waals surface area contributed by atoms with E-state index >= 15 is 0 Å². The molecule has 0 saturated heterocycles. The van der Waals surface area contributed by atoms with Crippen molar-refractivity contribution in [2.45, 2.75) is 13.8 Å². The Kier molecular flexibility index (Phi) is 6.54. The third kappa shape index (κ3) is 4.88. The lowest BCUT2D eigenvalue weighted by molar-refractivity contribution is -0.137. The van der Waals surface area contributed by atoms with Gasteiger partial charge in [0.15, 0.2) is 5.76 Å². The molecule has 0 atom stereocenters. The van der Waals surface area contributed by atoms with Gasteiger partial charge in [0.2, 0.25) is 0 Å². The SMILES string of the molecule is CCOC(=O)C1=C(C)Nc2ccccc2N=C1NC(=O)c1cccc(NC(=O)c2ccco2)c1. The first-order valence-electron chi connectivity index (χ1n) is 10.6. The highest BCUT2D eigenvalue weighted by Crippen LogP contribution is 2.30. The number of carbonyl (C=O) groups is 3. The molecule has 2 amide bonds. The zero-order valence-electron chi connectivity index (χ0n) is 18.5. The molecule has 0 radical (unpaired) electrons. The number of amides is 2. The van der Waals surface area contributed by atoms with Gasteiger partial charge in [-0.2, -0.15) is 0 Å². The molecule has 3 aromatic rings. The van der Waals surface area contributed by atoms with Crippen molar-refractivity contribution < 1.29 is 23.5 Å². The fourth-order valence-corrected chi connectivity index (χ4v) is 3.36. The van der Waals surface area contributed by atoms with Crippen LogP contribution in [0.1, 0.15) is 34.8 Å². The minimum atomic E-state index is -0.612. The molecule has 1 aliphatic rings. The van der Waals surface area contributed by atoms with E-state index in [1.807, 2.05) is 12.1 Å². The van der Waals surface area contributed by atoms with E-state index in [1.165, 1.54) is 18.4 Å². The van der Waals surface area contributed by atoms with Gasteiger partial charge in [0.1, 0.15) is 11.4 Å². The molecular weight excluding hydrogens is 436 g/mol. The Labute approximate surface area is 195 Å². The number of hydrogen-bond acceptors (Lipinski definition) is 7. The Morgan fingerprint density at radius 2 is 1.82 bits per heavy atom. The normalized spacial score (nSPS) is 12.6. The third-order valence-electron chi connectivity index (χ3n) is 4.91. The molecule has 9 nitrogen and oxygen atoms in total. The van der Waals surface area contributed by atoms with Crippen LogP contribution in [0.15, 0.2) is 87.6 Å². The minimum absolute atomic E-state index is 0.0587. The molecule has 4 rings (SSSR count). The number of carbonyl (C=O) groups excluding carboxylic acids is 3. The van der Waals surface area contributed by atoms with Crippen molar-refractivity contribution in [3.05, 3.63) is 89.5 Å². The molecule has 0 aliphatic carbocycles. The van der Waals surface area contributed by atoms with Gasteiger partial charge in [-0.3, -0.25) is 9.59 Å². The fraction of sp³-hybridized carbons (Fsp3) is 0.120. The first-order chi connectivity index (χ1) is 16.5. The van der Waals surface area contributed by atoms with Crippen LogP contribution >= 0.6 is 0 Å². The summed E-state index contributed by atoms with van der Waals surface area (Å²) in [5.74, 6) is -1.36. The number of aliphatic imine (C=N–C) groups is 1. The predicted molar refractivity (Wildman–Crippen MR) is 127 cm³/mol. The average molecular weight is 458 g/mol. The van der Waals surface area contributed by atoms with Crippen molar-refractivity contribution in [1.82, 2.24) is 5.32 Å². The molecule has 0 unspecified atom stereocenters. The van der Waals surface area contributed by atoms with Gasteiger partial charge < -0.3 is 25.1 Å². The van der Waals surface area contributed by atoms with E-state index in [4.69, 9.17) is 9.15 Å². The van der Waals surface area contributed by atoms with Gasteiger partial charge >= 0.3 is 5.97 Å². The smallest absolute Gasteiger partial charge is 0.343 e. The Morgan fingerprint density at radius 3 is 2.59 bits per heavy atom. The minimum Gasteiger partial charge on any atom is -0.462 e. The van der Waals surface area contributed by atoms with Crippen molar-refractivity contribution in [3.8, 4) is 0 Å². The van der Waals surface area contributed by atoms with E-state index in [0.717, 1.165) is 0 Å². The van der Waals surface area contributed by atoms with E-state index in [1.54, 1.807) is 50.2 Å². The Balaban J connectivity index is 1.62. The maximum Gasteiger partial charge on any atom is 0.343 e. The topological polar surface area (TPSA) is 122 Å². The Morgan fingerprint density at radius 1 is 1.00 bits per heavy atom. The lowest BCUT2D eigenvalue weighted by Crippen LogP contribution is -2.35. The highest BCUT2D eigenvalue weighted by Gasteiger charge is 2.26. The van der Waals surface area contributed by atoms with Crippen LogP contribution in [0.5, 0.6) is 0 Å². The van der Waals surface area contributed by atoms with Crippen LogP contribution in [0.2, 0.25) is 0 Å². The number of amidine groups is 1. The van der Waals surface area contributed by atoms with Gasteiger partial charge in [-0.1, -0.05) is 18.2 Å². The fourth-order valence-electron chi connectivity index (χ4n) is 3.36. The largest absolute Gasteiger partial charge is 0.462 e. The monoisotopic (exact) mass is 458 g/mol. The van der Waals surface area contributed by atoms with Gasteiger partial charge in [0, 0.05) is 16.9 Å². The van der Waals surface area contributed by atoms with E-state index < -0.39 is 17.8 Å². The standard InChI is InChI=1S/C25H22N4O5/c1-3-33-25(32)21-15(2)26-18-10-4-5-11-19(18)28-22(21)29-23(30)16-8-6-9-17(14-16)27-24(31)20-12-7-13-34-20/h4-14,26H,3H2,1-2H3,(H,27,31)(H,28,29,30). The van der Waals surface area contributed by atoms with E-state index in [9.17, 15) is 14.4 Å². The lowest BCUT2D eigenvalue weighted by Gasteiger charge is -2.13. The summed E-state index contributed by atoms with van der Waals surface area (Å²) in [6, 6.07) is 16.7. The molecule has 0 saturated carbocycles. The maximum atomic E-state index is 13.1. The Bertz CT molecular complexity index is 1310. The number of esters is 1. The molecule has 0 fully saturated rings. The van der Waals surface area contributed by atoms with Crippen LogP contribution in [0.25, 0.3) is 0 Å². The van der Waals surface area contributed by atoms with E-state index in [0.29, 0.717) is 22.8 Å². The van der Waals surface area contributed by atoms with Gasteiger partial charge in [0.05, 0.1) is 24.2 Å². The number of benzene rings is 2. The predicted octanol–water partition coefficient (Wildman–Crippen LogP) is 4.25. The van der Waals surface area contributed by atoms with Crippen LogP contribution in [0.4, 0.5) is 17.1 Å². The van der Waals surface area contributed by atoms with Crippen LogP contribution < -0.4 is 16.0 Å². The Hall–Kier alpha value is -4.66. The van der Waals surface area contributed by atoms with Gasteiger partial charge in [-0.25, -0.2) is 9.79 Å². The number of ether oxygens (including phenoxy) is 1. The summed E-state index contributed by atoms with van der Waals surface area (Å²) in [5.41, 5.74) is 2.51. The number of nitrogens with zero attached hydrogens (tertiary/aromatic N) is 1. The number of hydrogen-bond donors (Lipinski definition) is 3. The number of nitrogens with one attached hydrogen (secondary N) is 3. The molecule has 172 valence electrons. The number of fused-ring (bicyclic) bond motifs is 1. The molecular formula is C25H22N4O5. The second-order valence-electron chi connectivity index (χ2n) is 7.29. The molecule has 2 aromatic carbocycles. The zero-order chi connectivity index (χ0) is 24.1. The van der Waals surface area contributed by atoms with Gasteiger partial charge in [-0.15, -0.1) is 0 Å². The van der Waals surface area contributed by atoms with Gasteiger partial charge in [0.25, 0.3) is 11.8 Å². The van der Waals surface area contributed by atoms with Crippen molar-refractivity contribution in [2.75, 3.05) is 17.2 Å². The molecule has 1 aliphatic heterocycles. The number of anilines is 2. The molecule has 3 N–H and O–H groups in total. The second kappa shape index (κ2) is 9.86. The summed E-state index contributed by atoms with van der Waals surface area (Å²) >= 11 is 0. The zero-order valence-corrected chi connectivity index (χ0v) is 18.5. The van der Waals surface area contributed by atoms with Crippen molar-refractivity contribution in [2.24, 2.45) is 4.99 Å². The van der Waals surface area contributed by atoms with Crippen LogP contribution in [-0.4, -0.2) is 30.2 Å². The summed E-state index contributed by atoms with van der Waals surface area (Å²) in [6.07, 6.45) is 1.40. The second-order valence-corrected chi connectivity index (χ2v) is 7.29. The number of allylic oxidation sites excluding steroid dienone is 1. The van der Waals surface area contributed by atoms with Crippen molar-refractivity contribution >= 4 is 40.7 Å². The lowest BCUT2D eigenvalue weighted by atomic mass is 10.1. The van der Waals surface area contributed by atoms with Crippen LogP contribution in [-0.2, 0) is 9.53 Å². The van der Waals surface area contributed by atoms with E-state index in [-0.39, 0.29) is 29.3 Å². The first-order valence-corrected chi connectivity index (χ1v) is 10.6. The molecule has 1 aromatic heterocycles. The van der Waals surface area contributed by atoms with E-state index in [2.05, 4.69) is 20.9 Å². The number of furan rings is 1. The van der Waals surface area contributed by atoms with Crippen molar-refractivity contribution in [1.29, 1.82) is 0 Å². The summed E-state index contributed by atoms with van der Waals surface area (Å²) < 4.78 is 10.3. The summed E-state index contributed by atoms with van der Waals surface area (Å²) in [7, 11) is 0. The summed E-state index contributed by atoms with van der Waals surface area (Å²) in [6.45, 7) is 3.58. The molecule has 2 heterocycles. The van der Waals surface area contributed by atoms with Crippen LogP contribution in [0.3, 0.4) is 0 Å². The first kappa shape index (κ1) is 22.5. The molecule has 34 heavy (non-hydrogen) atoms. The highest BCUT2D eigenvalue weighted by molar-refractivity contribution is 6.25. The average Bonchev–Trinajstić information content (AvgIpc) is 3.31. The van der Waals surface area contributed by atoms with Gasteiger partial charge in [-0.05, 0) is 56.3 Å². The number of para-hydroxylation sites is 2.